The topological polar surface area (TPSA) is 113 Å². The molecule has 1 unspecified atom stereocenters. The van der Waals surface area contributed by atoms with Crippen molar-refractivity contribution in [1.82, 2.24) is 15.0 Å². The molecule has 0 spiro atoms. The molecule has 35 heavy (non-hydrogen) atoms. The van der Waals surface area contributed by atoms with Crippen molar-refractivity contribution in [2.45, 2.75) is 86.7 Å². The Balaban J connectivity index is 1.47. The van der Waals surface area contributed by atoms with E-state index in [1.54, 1.807) is 18.3 Å². The van der Waals surface area contributed by atoms with E-state index in [1.807, 2.05) is 12.1 Å². The molecule has 0 amide bonds. The molecule has 0 radical (unpaired) electrons. The number of aromatic amines is 1. The van der Waals surface area contributed by atoms with Crippen LogP contribution in [0.4, 0.5) is 0 Å². The Labute approximate surface area is 206 Å². The summed E-state index contributed by atoms with van der Waals surface area (Å²) in [5.74, 6) is 0.0248. The fraction of sp³-hybridized carbons (Fsp3) is 0.519. The van der Waals surface area contributed by atoms with Gasteiger partial charge in [-0.2, -0.15) is 0 Å². The number of nitrogens with zero attached hydrogens (tertiary/aromatic N) is 2. The normalized spacial score (nSPS) is 18.7. The summed E-state index contributed by atoms with van der Waals surface area (Å²) >= 11 is 0. The molecular formula is C27H33N3O4S. The highest BCUT2D eigenvalue weighted by atomic mass is 32.2. The first-order valence-electron chi connectivity index (χ1n) is 12.8. The maximum Gasteiger partial charge on any atom is 0.311 e. The molecule has 2 N–H and O–H groups in total. The predicted octanol–water partition coefficient (Wildman–Crippen LogP) is 5.40. The average Bonchev–Trinajstić information content (AvgIpc) is 3.53. The fourth-order valence-electron chi connectivity index (χ4n) is 5.86. The van der Waals surface area contributed by atoms with Crippen molar-refractivity contribution in [3.8, 4) is 0 Å². The Morgan fingerprint density at radius 1 is 1.03 bits per heavy atom. The Morgan fingerprint density at radius 2 is 1.71 bits per heavy atom. The standard InChI is InChI=1S/C27H33N3O4S/c31-26(32)16-25-28-17-20-15-24(29-27(20)30-25)23(14-18-6-2-1-3-7-18)19-10-12-22(13-11-19)35(33,34)21-8-4-5-9-21/h10-13,15,17-18,21,23H,1-9,14,16H2,(H,31,32)(H,28,29,30). The van der Waals surface area contributed by atoms with E-state index in [2.05, 4.69) is 21.0 Å². The van der Waals surface area contributed by atoms with Crippen LogP contribution in [-0.4, -0.2) is 39.7 Å². The summed E-state index contributed by atoms with van der Waals surface area (Å²) in [6.45, 7) is 0. The number of sulfone groups is 1. The van der Waals surface area contributed by atoms with Gasteiger partial charge in [-0.15, -0.1) is 0 Å². The second kappa shape index (κ2) is 10.1. The second-order valence-corrected chi connectivity index (χ2v) is 12.4. The van der Waals surface area contributed by atoms with Gasteiger partial charge in [0.2, 0.25) is 0 Å². The van der Waals surface area contributed by atoms with Crippen molar-refractivity contribution in [2.24, 2.45) is 5.92 Å². The van der Waals surface area contributed by atoms with Gasteiger partial charge in [0.25, 0.3) is 0 Å². The van der Waals surface area contributed by atoms with Crippen LogP contribution in [0, 0.1) is 5.92 Å². The zero-order chi connectivity index (χ0) is 24.4. The minimum absolute atomic E-state index is 0.0819. The third-order valence-corrected chi connectivity index (χ3v) is 10.0. The molecule has 0 saturated heterocycles. The Bertz CT molecular complexity index is 1290. The number of hydrogen-bond acceptors (Lipinski definition) is 5. The molecule has 8 heteroatoms. The highest BCUT2D eigenvalue weighted by Gasteiger charge is 2.31. The number of rotatable bonds is 8. The number of carboxylic acid groups (broad SMARTS) is 1. The van der Waals surface area contributed by atoms with Gasteiger partial charge in [0.1, 0.15) is 17.9 Å². The van der Waals surface area contributed by atoms with Gasteiger partial charge < -0.3 is 10.1 Å². The van der Waals surface area contributed by atoms with E-state index in [4.69, 9.17) is 5.11 Å². The summed E-state index contributed by atoms with van der Waals surface area (Å²) in [4.78, 5) is 23.5. The molecule has 2 fully saturated rings. The predicted molar refractivity (Wildman–Crippen MR) is 134 cm³/mol. The molecule has 7 nitrogen and oxygen atoms in total. The van der Waals surface area contributed by atoms with Crippen LogP contribution >= 0.6 is 0 Å². The van der Waals surface area contributed by atoms with Crippen molar-refractivity contribution in [3.05, 3.63) is 53.6 Å². The lowest BCUT2D eigenvalue weighted by Gasteiger charge is -2.26. The molecule has 2 aliphatic rings. The molecule has 2 aliphatic carbocycles. The lowest BCUT2D eigenvalue weighted by Crippen LogP contribution is -2.18. The smallest absolute Gasteiger partial charge is 0.311 e. The summed E-state index contributed by atoms with van der Waals surface area (Å²) in [7, 11) is -3.28. The van der Waals surface area contributed by atoms with Gasteiger partial charge >= 0.3 is 5.97 Å². The van der Waals surface area contributed by atoms with Crippen LogP contribution in [0.3, 0.4) is 0 Å². The summed E-state index contributed by atoms with van der Waals surface area (Å²) in [5.41, 5.74) is 2.74. The van der Waals surface area contributed by atoms with E-state index >= 15 is 0 Å². The van der Waals surface area contributed by atoms with E-state index in [9.17, 15) is 13.2 Å². The molecule has 2 saturated carbocycles. The van der Waals surface area contributed by atoms with Crippen LogP contribution in [0.15, 0.2) is 41.4 Å². The van der Waals surface area contributed by atoms with Crippen molar-refractivity contribution < 1.29 is 18.3 Å². The maximum atomic E-state index is 13.1. The van der Waals surface area contributed by atoms with Crippen LogP contribution in [0.5, 0.6) is 0 Å². The van der Waals surface area contributed by atoms with Crippen molar-refractivity contribution in [2.75, 3.05) is 0 Å². The molecule has 0 bridgehead atoms. The van der Waals surface area contributed by atoms with E-state index in [0.717, 1.165) is 48.7 Å². The number of nitrogens with one attached hydrogen (secondary N) is 1. The number of fused-ring (bicyclic) bond motifs is 1. The zero-order valence-corrected chi connectivity index (χ0v) is 20.8. The van der Waals surface area contributed by atoms with Gasteiger partial charge in [0.05, 0.1) is 10.1 Å². The molecule has 0 aliphatic heterocycles. The summed E-state index contributed by atoms with van der Waals surface area (Å²) < 4.78 is 26.1. The third kappa shape index (κ3) is 5.27. The van der Waals surface area contributed by atoms with Crippen LogP contribution in [-0.2, 0) is 21.1 Å². The number of aliphatic carboxylic acids is 1. The van der Waals surface area contributed by atoms with Gasteiger partial charge in [-0.3, -0.25) is 4.79 Å². The lowest BCUT2D eigenvalue weighted by atomic mass is 9.79. The number of carbonyl (C=O) groups is 1. The first kappa shape index (κ1) is 24.0. The van der Waals surface area contributed by atoms with Gasteiger partial charge in [0.15, 0.2) is 9.84 Å². The largest absolute Gasteiger partial charge is 0.481 e. The summed E-state index contributed by atoms with van der Waals surface area (Å²) in [6.07, 6.45) is 12.2. The Hall–Kier alpha value is -2.74. The van der Waals surface area contributed by atoms with Crippen LogP contribution in [0.25, 0.3) is 11.0 Å². The highest BCUT2D eigenvalue weighted by molar-refractivity contribution is 7.92. The minimum Gasteiger partial charge on any atom is -0.481 e. The van der Waals surface area contributed by atoms with Crippen molar-refractivity contribution in [1.29, 1.82) is 0 Å². The minimum atomic E-state index is -3.28. The van der Waals surface area contributed by atoms with Gasteiger partial charge in [-0.05, 0) is 48.9 Å². The van der Waals surface area contributed by atoms with E-state index in [1.165, 1.54) is 32.1 Å². The SMILES string of the molecule is O=C(O)Cc1ncc2cc(C(CC3CCCCC3)c3ccc(S(=O)(=O)C4CCCC4)cc3)[nH]c2n1. The van der Waals surface area contributed by atoms with E-state index in [0.29, 0.717) is 16.5 Å². The van der Waals surface area contributed by atoms with Crippen molar-refractivity contribution in [3.63, 3.8) is 0 Å². The molecule has 5 rings (SSSR count). The first-order chi connectivity index (χ1) is 16.9. The zero-order valence-electron chi connectivity index (χ0n) is 19.9. The third-order valence-electron chi connectivity index (χ3n) is 7.77. The molecule has 2 heterocycles. The average molecular weight is 496 g/mol. The summed E-state index contributed by atoms with van der Waals surface area (Å²) in [5, 5.41) is 9.68. The monoisotopic (exact) mass is 495 g/mol. The molecule has 1 atom stereocenters. The second-order valence-electron chi connectivity index (χ2n) is 10.2. The highest BCUT2D eigenvalue weighted by Crippen LogP contribution is 2.38. The van der Waals surface area contributed by atoms with Crippen molar-refractivity contribution >= 4 is 26.8 Å². The number of H-pyrrole nitrogens is 1. The number of benzene rings is 1. The van der Waals surface area contributed by atoms with Crippen LogP contribution < -0.4 is 0 Å². The fourth-order valence-corrected chi connectivity index (χ4v) is 7.72. The lowest BCUT2D eigenvalue weighted by molar-refractivity contribution is -0.136. The quantitative estimate of drug-likeness (QED) is 0.432. The van der Waals surface area contributed by atoms with Crippen LogP contribution in [0.2, 0.25) is 0 Å². The Morgan fingerprint density at radius 3 is 2.40 bits per heavy atom. The number of carboxylic acids is 1. The maximum absolute atomic E-state index is 13.1. The molecule has 3 aromatic rings. The number of hydrogen-bond donors (Lipinski definition) is 2. The summed E-state index contributed by atoms with van der Waals surface area (Å²) in [6, 6.07) is 9.57. The van der Waals surface area contributed by atoms with E-state index < -0.39 is 15.8 Å². The number of aromatic nitrogens is 3. The first-order valence-corrected chi connectivity index (χ1v) is 14.3. The van der Waals surface area contributed by atoms with Crippen LogP contribution in [0.1, 0.15) is 87.2 Å². The molecule has 1 aromatic carbocycles. The molecular weight excluding hydrogens is 462 g/mol. The van der Waals surface area contributed by atoms with Gasteiger partial charge in [0, 0.05) is 23.2 Å². The van der Waals surface area contributed by atoms with E-state index in [-0.39, 0.29) is 23.4 Å². The van der Waals surface area contributed by atoms with Gasteiger partial charge in [-0.1, -0.05) is 57.1 Å². The Kier molecular flexibility index (Phi) is 6.91. The molecule has 2 aromatic heterocycles. The van der Waals surface area contributed by atoms with Gasteiger partial charge in [-0.25, -0.2) is 18.4 Å². The molecule has 186 valence electrons.